The smallest absolute Gasteiger partial charge is 0.337 e. The molecule has 1 heterocycles. The number of carbonyl (C=O) groups is 2. The Morgan fingerprint density at radius 1 is 1.17 bits per heavy atom. The molecular formula is C20H19ClN4O3S. The highest BCUT2D eigenvalue weighted by Gasteiger charge is 2.15. The Hall–Kier alpha value is -2.84. The molecule has 0 bridgehead atoms. The number of ether oxygens (including phenoxy) is 1. The van der Waals surface area contributed by atoms with Gasteiger partial charge < -0.3 is 14.6 Å². The second-order valence-electron chi connectivity index (χ2n) is 5.97. The summed E-state index contributed by atoms with van der Waals surface area (Å²) in [5, 5.41) is 12.5. The average molecular weight is 431 g/mol. The first-order chi connectivity index (χ1) is 14.0. The zero-order valence-electron chi connectivity index (χ0n) is 15.9. The lowest BCUT2D eigenvalue weighted by atomic mass is 10.2. The van der Waals surface area contributed by atoms with E-state index in [-0.39, 0.29) is 11.7 Å². The number of hydrogen-bond acceptors (Lipinski definition) is 6. The summed E-state index contributed by atoms with van der Waals surface area (Å²) in [6, 6.07) is 14.0. The highest BCUT2D eigenvalue weighted by molar-refractivity contribution is 7.99. The molecule has 3 rings (SSSR count). The Morgan fingerprint density at radius 2 is 1.97 bits per heavy atom. The van der Waals surface area contributed by atoms with E-state index in [0.717, 1.165) is 5.56 Å². The summed E-state index contributed by atoms with van der Waals surface area (Å²) in [7, 11) is 1.31. The summed E-state index contributed by atoms with van der Waals surface area (Å²) in [4.78, 5) is 23.9. The van der Waals surface area contributed by atoms with Crippen LogP contribution in [0, 0.1) is 0 Å². The number of thioether (sulfide) groups is 1. The van der Waals surface area contributed by atoms with Crippen molar-refractivity contribution in [2.75, 3.05) is 18.2 Å². The Balaban J connectivity index is 1.67. The number of nitrogens with one attached hydrogen (secondary N) is 1. The normalized spacial score (nSPS) is 10.6. The van der Waals surface area contributed by atoms with E-state index in [4.69, 9.17) is 16.3 Å². The van der Waals surface area contributed by atoms with Crippen molar-refractivity contribution in [3.8, 4) is 11.4 Å². The fraction of sp³-hybridized carbons (Fsp3) is 0.200. The number of halogens is 1. The van der Waals surface area contributed by atoms with E-state index in [1.807, 2.05) is 29.7 Å². The molecule has 1 N–H and O–H groups in total. The summed E-state index contributed by atoms with van der Waals surface area (Å²) in [6.45, 7) is 2.64. The molecule has 150 valence electrons. The molecule has 0 atom stereocenters. The van der Waals surface area contributed by atoms with Gasteiger partial charge in [-0.25, -0.2) is 4.79 Å². The topological polar surface area (TPSA) is 86.1 Å². The summed E-state index contributed by atoms with van der Waals surface area (Å²) >= 11 is 7.36. The Kier molecular flexibility index (Phi) is 6.90. The van der Waals surface area contributed by atoms with Crippen molar-refractivity contribution in [1.82, 2.24) is 14.8 Å². The van der Waals surface area contributed by atoms with Gasteiger partial charge in [-0.2, -0.15) is 0 Å². The van der Waals surface area contributed by atoms with Gasteiger partial charge in [-0.1, -0.05) is 41.6 Å². The van der Waals surface area contributed by atoms with Crippen molar-refractivity contribution < 1.29 is 14.3 Å². The van der Waals surface area contributed by atoms with Crippen LogP contribution in [0.2, 0.25) is 5.02 Å². The van der Waals surface area contributed by atoms with E-state index in [1.54, 1.807) is 30.3 Å². The number of rotatable bonds is 7. The second kappa shape index (κ2) is 9.58. The van der Waals surface area contributed by atoms with Gasteiger partial charge in [-0.3, -0.25) is 4.79 Å². The molecule has 1 amide bonds. The number of esters is 1. The molecule has 2 aromatic carbocycles. The van der Waals surface area contributed by atoms with E-state index in [1.165, 1.54) is 18.9 Å². The van der Waals surface area contributed by atoms with E-state index in [2.05, 4.69) is 15.5 Å². The molecule has 1 aromatic heterocycles. The molecule has 3 aromatic rings. The molecule has 0 saturated carbocycles. The number of aromatic nitrogens is 3. The minimum atomic E-state index is -0.458. The summed E-state index contributed by atoms with van der Waals surface area (Å²) in [6.07, 6.45) is 0. The zero-order valence-corrected chi connectivity index (χ0v) is 17.5. The van der Waals surface area contributed by atoms with Crippen LogP contribution in [0.5, 0.6) is 0 Å². The first kappa shape index (κ1) is 20.9. The van der Waals surface area contributed by atoms with E-state index < -0.39 is 5.97 Å². The summed E-state index contributed by atoms with van der Waals surface area (Å²) in [5.41, 5.74) is 1.76. The molecule has 7 nitrogen and oxygen atoms in total. The lowest BCUT2D eigenvalue weighted by Gasteiger charge is -2.08. The monoisotopic (exact) mass is 430 g/mol. The van der Waals surface area contributed by atoms with E-state index in [9.17, 15) is 9.59 Å². The van der Waals surface area contributed by atoms with Gasteiger partial charge in [0.15, 0.2) is 11.0 Å². The Labute approximate surface area is 177 Å². The number of methoxy groups -OCH3 is 1. The molecule has 0 unspecified atom stereocenters. The molecule has 0 fully saturated rings. The first-order valence-corrected chi connectivity index (χ1v) is 10.2. The van der Waals surface area contributed by atoms with Gasteiger partial charge >= 0.3 is 5.97 Å². The van der Waals surface area contributed by atoms with Crippen LogP contribution in [0.25, 0.3) is 11.4 Å². The average Bonchev–Trinajstić information content (AvgIpc) is 3.15. The van der Waals surface area contributed by atoms with Gasteiger partial charge in [0.25, 0.3) is 0 Å². The van der Waals surface area contributed by atoms with Crippen LogP contribution < -0.4 is 5.32 Å². The fourth-order valence-corrected chi connectivity index (χ4v) is 3.68. The molecule has 0 aliphatic rings. The minimum absolute atomic E-state index is 0.149. The first-order valence-electron chi connectivity index (χ1n) is 8.82. The third-order valence-corrected chi connectivity index (χ3v) is 5.22. The maximum Gasteiger partial charge on any atom is 0.337 e. The molecule has 0 aliphatic carbocycles. The van der Waals surface area contributed by atoms with Gasteiger partial charge in [0.05, 0.1) is 18.4 Å². The van der Waals surface area contributed by atoms with Gasteiger partial charge in [0.2, 0.25) is 5.91 Å². The number of hydrogen-bond donors (Lipinski definition) is 1. The molecule has 0 saturated heterocycles. The summed E-state index contributed by atoms with van der Waals surface area (Å²) in [5.74, 6) is 0.173. The second-order valence-corrected chi connectivity index (χ2v) is 7.35. The quantitative estimate of drug-likeness (QED) is 0.448. The lowest BCUT2D eigenvalue weighted by Crippen LogP contribution is -2.15. The van der Waals surface area contributed by atoms with Gasteiger partial charge in [-0.15, -0.1) is 10.2 Å². The SMILES string of the molecule is CCn1c(SCC(=O)Nc2cccc(C(=O)OC)c2)nnc1-c1cccc(Cl)c1. The van der Waals surface area contributed by atoms with Crippen LogP contribution in [0.15, 0.2) is 53.7 Å². The number of nitrogens with zero attached hydrogens (tertiary/aromatic N) is 3. The fourth-order valence-electron chi connectivity index (χ4n) is 2.69. The van der Waals surface area contributed by atoms with Crippen molar-refractivity contribution in [3.63, 3.8) is 0 Å². The number of amides is 1. The zero-order chi connectivity index (χ0) is 20.8. The number of carbonyl (C=O) groups excluding carboxylic acids is 2. The van der Waals surface area contributed by atoms with Crippen LogP contribution in [0.4, 0.5) is 5.69 Å². The molecule has 9 heteroatoms. The van der Waals surface area contributed by atoms with Crippen molar-refractivity contribution in [2.45, 2.75) is 18.6 Å². The standard InChI is InChI=1S/C20H19ClN4O3S/c1-3-25-18(13-6-4-8-15(21)10-13)23-24-20(25)29-12-17(26)22-16-9-5-7-14(11-16)19(27)28-2/h4-11H,3,12H2,1-2H3,(H,22,26). The number of benzene rings is 2. The molecule has 0 aliphatic heterocycles. The van der Waals surface area contributed by atoms with Crippen LogP contribution in [0.1, 0.15) is 17.3 Å². The van der Waals surface area contributed by atoms with Gasteiger partial charge in [0, 0.05) is 22.8 Å². The third kappa shape index (κ3) is 5.16. The predicted molar refractivity (Wildman–Crippen MR) is 113 cm³/mol. The largest absolute Gasteiger partial charge is 0.465 e. The molecular weight excluding hydrogens is 412 g/mol. The molecule has 0 radical (unpaired) electrons. The third-order valence-electron chi connectivity index (χ3n) is 4.02. The highest BCUT2D eigenvalue weighted by Crippen LogP contribution is 2.26. The van der Waals surface area contributed by atoms with Crippen LogP contribution in [-0.4, -0.2) is 39.5 Å². The van der Waals surface area contributed by atoms with E-state index >= 15 is 0 Å². The van der Waals surface area contributed by atoms with Gasteiger partial charge in [-0.05, 0) is 37.3 Å². The maximum atomic E-state index is 12.3. The Morgan fingerprint density at radius 3 is 2.69 bits per heavy atom. The van der Waals surface area contributed by atoms with Crippen molar-refractivity contribution in [2.24, 2.45) is 0 Å². The van der Waals surface area contributed by atoms with Crippen molar-refractivity contribution >= 4 is 40.9 Å². The van der Waals surface area contributed by atoms with Crippen molar-refractivity contribution in [3.05, 3.63) is 59.1 Å². The predicted octanol–water partition coefficient (Wildman–Crippen LogP) is 4.14. The lowest BCUT2D eigenvalue weighted by molar-refractivity contribution is -0.113. The van der Waals surface area contributed by atoms with Crippen molar-refractivity contribution in [1.29, 1.82) is 0 Å². The highest BCUT2D eigenvalue weighted by atomic mass is 35.5. The Bertz CT molecular complexity index is 1040. The molecule has 29 heavy (non-hydrogen) atoms. The minimum Gasteiger partial charge on any atom is -0.465 e. The summed E-state index contributed by atoms with van der Waals surface area (Å²) < 4.78 is 6.62. The van der Waals surface area contributed by atoms with Gasteiger partial charge in [0.1, 0.15) is 0 Å². The maximum absolute atomic E-state index is 12.3. The molecule has 0 spiro atoms. The van der Waals surface area contributed by atoms with E-state index in [0.29, 0.717) is 33.8 Å². The number of anilines is 1. The van der Waals surface area contributed by atoms with Crippen LogP contribution in [-0.2, 0) is 16.1 Å². The van der Waals surface area contributed by atoms with Crippen LogP contribution in [0.3, 0.4) is 0 Å². The van der Waals surface area contributed by atoms with Crippen LogP contribution >= 0.6 is 23.4 Å².